The summed E-state index contributed by atoms with van der Waals surface area (Å²) >= 11 is 5.99. The van der Waals surface area contributed by atoms with E-state index in [2.05, 4.69) is 10.4 Å². The number of benzene rings is 1. The molecule has 1 N–H and O–H groups in total. The highest BCUT2D eigenvalue weighted by Crippen LogP contribution is 2.23. The number of hydrogen-bond donors (Lipinski definition) is 1. The Morgan fingerprint density at radius 2 is 2.00 bits per heavy atom. The Bertz CT molecular complexity index is 709. The lowest BCUT2D eigenvalue weighted by Crippen LogP contribution is -2.17. The molecule has 0 saturated carbocycles. The van der Waals surface area contributed by atoms with E-state index in [0.717, 1.165) is 0 Å². The van der Waals surface area contributed by atoms with Crippen molar-refractivity contribution in [3.8, 4) is 0 Å². The number of rotatable bonds is 3. The van der Waals surface area contributed by atoms with Gasteiger partial charge < -0.3 is 10.1 Å². The minimum absolute atomic E-state index is 0.176. The topological polar surface area (TPSA) is 73.2 Å². The number of aryl methyl sites for hydroxylation is 2. The Hall–Kier alpha value is -2.34. The Morgan fingerprint density at radius 1 is 1.33 bits per heavy atom. The summed E-state index contributed by atoms with van der Waals surface area (Å²) in [6.45, 7) is 1.69. The smallest absolute Gasteiger partial charge is 0.358 e. The van der Waals surface area contributed by atoms with Crippen LogP contribution in [0.1, 0.15) is 26.5 Å². The van der Waals surface area contributed by atoms with Crippen LogP contribution in [0.5, 0.6) is 0 Å². The monoisotopic (exact) mass is 307 g/mol. The molecule has 1 heterocycles. The zero-order chi connectivity index (χ0) is 15.6. The maximum Gasteiger partial charge on any atom is 0.358 e. The second-order valence-electron chi connectivity index (χ2n) is 4.36. The van der Waals surface area contributed by atoms with Crippen molar-refractivity contribution in [1.29, 1.82) is 0 Å². The molecule has 2 aromatic rings. The average molecular weight is 308 g/mol. The molecule has 2 rings (SSSR count). The number of esters is 1. The molecule has 0 bridgehead atoms. The van der Waals surface area contributed by atoms with Crippen LogP contribution in [0.2, 0.25) is 5.02 Å². The zero-order valence-electron chi connectivity index (χ0n) is 11.8. The van der Waals surface area contributed by atoms with E-state index < -0.39 is 11.9 Å². The van der Waals surface area contributed by atoms with Crippen molar-refractivity contribution in [3.05, 3.63) is 46.2 Å². The van der Waals surface area contributed by atoms with Gasteiger partial charge >= 0.3 is 5.97 Å². The molecule has 110 valence electrons. The minimum atomic E-state index is -0.576. The summed E-state index contributed by atoms with van der Waals surface area (Å²) in [7, 11) is 2.87. The van der Waals surface area contributed by atoms with Gasteiger partial charge in [0.05, 0.1) is 29.1 Å². The molecule has 0 radical (unpaired) electrons. The predicted molar refractivity (Wildman–Crippen MR) is 78.7 cm³/mol. The van der Waals surface area contributed by atoms with Crippen LogP contribution in [0, 0.1) is 6.92 Å². The van der Waals surface area contributed by atoms with E-state index in [1.54, 1.807) is 38.2 Å². The Morgan fingerprint density at radius 3 is 2.62 bits per heavy atom. The molecule has 1 aromatic heterocycles. The SMILES string of the molecule is COC(=O)c1c(NC(=O)c2ccccc2Cl)c(C)nn1C. The van der Waals surface area contributed by atoms with Gasteiger partial charge in [0.2, 0.25) is 0 Å². The number of amides is 1. The van der Waals surface area contributed by atoms with Crippen molar-refractivity contribution < 1.29 is 14.3 Å². The fourth-order valence-electron chi connectivity index (χ4n) is 1.96. The number of ether oxygens (including phenoxy) is 1. The lowest BCUT2D eigenvalue weighted by molar-refractivity contribution is 0.0589. The number of nitrogens with one attached hydrogen (secondary N) is 1. The standard InChI is InChI=1S/C14H14ClN3O3/c1-8-11(12(14(20)21-3)18(2)17-8)16-13(19)9-6-4-5-7-10(9)15/h4-7H,1-3H3,(H,16,19). The molecular weight excluding hydrogens is 294 g/mol. The Balaban J connectivity index is 2.38. The number of nitrogens with zero attached hydrogens (tertiary/aromatic N) is 2. The first kappa shape index (κ1) is 15.1. The number of aromatic nitrogens is 2. The van der Waals surface area contributed by atoms with Crippen LogP contribution >= 0.6 is 11.6 Å². The van der Waals surface area contributed by atoms with E-state index in [-0.39, 0.29) is 5.69 Å². The highest BCUT2D eigenvalue weighted by atomic mass is 35.5. The van der Waals surface area contributed by atoms with E-state index in [9.17, 15) is 9.59 Å². The van der Waals surface area contributed by atoms with Crippen molar-refractivity contribution in [3.63, 3.8) is 0 Å². The van der Waals surface area contributed by atoms with Gasteiger partial charge in [-0.05, 0) is 19.1 Å². The minimum Gasteiger partial charge on any atom is -0.464 e. The van der Waals surface area contributed by atoms with Crippen LogP contribution in [0.25, 0.3) is 0 Å². The zero-order valence-corrected chi connectivity index (χ0v) is 12.6. The van der Waals surface area contributed by atoms with E-state index >= 15 is 0 Å². The number of methoxy groups -OCH3 is 1. The second-order valence-corrected chi connectivity index (χ2v) is 4.77. The third-order valence-electron chi connectivity index (χ3n) is 2.96. The highest BCUT2D eigenvalue weighted by Gasteiger charge is 2.23. The van der Waals surface area contributed by atoms with Gasteiger partial charge in [-0.3, -0.25) is 9.48 Å². The summed E-state index contributed by atoms with van der Waals surface area (Å²) in [5, 5.41) is 7.11. The number of carbonyl (C=O) groups is 2. The first-order valence-electron chi connectivity index (χ1n) is 6.13. The van der Waals surface area contributed by atoms with Gasteiger partial charge in [0, 0.05) is 7.05 Å². The molecule has 1 aromatic carbocycles. The van der Waals surface area contributed by atoms with Gasteiger partial charge in [0.15, 0.2) is 5.69 Å². The summed E-state index contributed by atoms with van der Waals surface area (Å²) in [5.41, 5.74) is 1.32. The van der Waals surface area contributed by atoms with Crippen LogP contribution in [-0.4, -0.2) is 28.8 Å². The van der Waals surface area contributed by atoms with E-state index in [0.29, 0.717) is 22.0 Å². The summed E-state index contributed by atoms with van der Waals surface area (Å²) in [6, 6.07) is 6.65. The summed E-state index contributed by atoms with van der Waals surface area (Å²) in [6.07, 6.45) is 0. The Labute approximate surface area is 126 Å². The summed E-state index contributed by atoms with van der Waals surface area (Å²) in [4.78, 5) is 24.1. The van der Waals surface area contributed by atoms with Gasteiger partial charge in [0.1, 0.15) is 0 Å². The van der Waals surface area contributed by atoms with Crippen LogP contribution in [-0.2, 0) is 11.8 Å². The van der Waals surface area contributed by atoms with Crippen molar-refractivity contribution in [2.75, 3.05) is 12.4 Å². The fourth-order valence-corrected chi connectivity index (χ4v) is 2.19. The predicted octanol–water partition coefficient (Wildman–Crippen LogP) is 2.42. The number of halogens is 1. The van der Waals surface area contributed by atoms with Crippen LogP contribution in [0.3, 0.4) is 0 Å². The highest BCUT2D eigenvalue weighted by molar-refractivity contribution is 6.34. The molecule has 1 amide bonds. The fraction of sp³-hybridized carbons (Fsp3) is 0.214. The molecule has 0 aliphatic rings. The largest absolute Gasteiger partial charge is 0.464 e. The molecule has 0 fully saturated rings. The second kappa shape index (κ2) is 5.97. The molecule has 0 aliphatic carbocycles. The first-order valence-corrected chi connectivity index (χ1v) is 6.51. The third-order valence-corrected chi connectivity index (χ3v) is 3.29. The van der Waals surface area contributed by atoms with Crippen molar-refractivity contribution in [2.45, 2.75) is 6.92 Å². The first-order chi connectivity index (χ1) is 9.95. The summed E-state index contributed by atoms with van der Waals surface area (Å²) in [5.74, 6) is -0.991. The quantitative estimate of drug-likeness (QED) is 0.884. The molecule has 7 heteroatoms. The average Bonchev–Trinajstić information content (AvgIpc) is 2.73. The van der Waals surface area contributed by atoms with Gasteiger partial charge in [-0.1, -0.05) is 23.7 Å². The molecule has 0 spiro atoms. The van der Waals surface area contributed by atoms with Crippen LogP contribution in [0.4, 0.5) is 5.69 Å². The third kappa shape index (κ3) is 2.90. The van der Waals surface area contributed by atoms with Crippen LogP contribution < -0.4 is 5.32 Å². The summed E-state index contributed by atoms with van der Waals surface area (Å²) < 4.78 is 6.07. The molecule has 0 atom stereocenters. The number of hydrogen-bond acceptors (Lipinski definition) is 4. The van der Waals surface area contributed by atoms with Crippen molar-refractivity contribution in [1.82, 2.24) is 9.78 Å². The number of anilines is 1. The lowest BCUT2D eigenvalue weighted by atomic mass is 10.2. The van der Waals surface area contributed by atoms with Gasteiger partial charge in [0.25, 0.3) is 5.91 Å². The maximum absolute atomic E-state index is 12.3. The van der Waals surface area contributed by atoms with E-state index in [1.165, 1.54) is 11.8 Å². The molecule has 0 unspecified atom stereocenters. The van der Waals surface area contributed by atoms with Crippen molar-refractivity contribution in [2.24, 2.45) is 7.05 Å². The lowest BCUT2D eigenvalue weighted by Gasteiger charge is -2.08. The Kier molecular flexibility index (Phi) is 4.28. The normalized spacial score (nSPS) is 10.3. The van der Waals surface area contributed by atoms with Crippen molar-refractivity contribution >= 4 is 29.2 Å². The van der Waals surface area contributed by atoms with Gasteiger partial charge in [-0.15, -0.1) is 0 Å². The molecular formula is C14H14ClN3O3. The van der Waals surface area contributed by atoms with Gasteiger partial charge in [-0.2, -0.15) is 5.10 Å². The van der Waals surface area contributed by atoms with E-state index in [1.807, 2.05) is 0 Å². The van der Waals surface area contributed by atoms with E-state index in [4.69, 9.17) is 16.3 Å². The molecule has 0 aliphatic heterocycles. The van der Waals surface area contributed by atoms with Gasteiger partial charge in [-0.25, -0.2) is 4.79 Å². The maximum atomic E-state index is 12.3. The van der Waals surface area contributed by atoms with Crippen LogP contribution in [0.15, 0.2) is 24.3 Å². The molecule has 0 saturated heterocycles. The number of carbonyl (C=O) groups excluding carboxylic acids is 2. The molecule has 6 nitrogen and oxygen atoms in total. The molecule has 21 heavy (non-hydrogen) atoms.